The van der Waals surface area contributed by atoms with Gasteiger partial charge in [-0.15, -0.1) is 0 Å². The molecule has 6 aromatic rings. The Morgan fingerprint density at radius 3 is 1.63 bits per heavy atom. The molecule has 1 nitrogen and oxygen atoms in total. The van der Waals surface area contributed by atoms with E-state index in [1.807, 2.05) is 0 Å². The minimum atomic E-state index is -0.0642. The van der Waals surface area contributed by atoms with E-state index in [1.165, 1.54) is 187 Å². The molecule has 11 rings (SSSR count). The fourth-order valence-corrected chi connectivity index (χ4v) is 12.9. The van der Waals surface area contributed by atoms with Gasteiger partial charge in [0.05, 0.1) is 5.69 Å². The number of hydrogen-bond acceptors (Lipinski definition) is 1. The van der Waals surface area contributed by atoms with Gasteiger partial charge >= 0.3 is 0 Å². The predicted molar refractivity (Wildman–Crippen MR) is 264 cm³/mol. The molecule has 1 heteroatoms. The summed E-state index contributed by atoms with van der Waals surface area (Å²) in [6, 6.07) is 48.9. The summed E-state index contributed by atoms with van der Waals surface area (Å²) in [6.45, 7) is 4.84. The van der Waals surface area contributed by atoms with Crippen molar-refractivity contribution in [1.29, 1.82) is 0 Å². The van der Waals surface area contributed by atoms with Crippen LogP contribution in [0.4, 0.5) is 17.1 Å². The molecule has 0 aromatic heterocycles. The van der Waals surface area contributed by atoms with Gasteiger partial charge in [-0.3, -0.25) is 0 Å². The molecule has 0 bridgehead atoms. The Kier molecular flexibility index (Phi) is 11.0. The molecule has 0 saturated heterocycles. The van der Waals surface area contributed by atoms with Gasteiger partial charge < -0.3 is 4.90 Å². The van der Waals surface area contributed by atoms with E-state index >= 15 is 0 Å². The molecule has 5 aliphatic rings. The lowest BCUT2D eigenvalue weighted by Gasteiger charge is -2.32. The molecule has 316 valence electrons. The van der Waals surface area contributed by atoms with Crippen molar-refractivity contribution >= 4 is 17.1 Å². The van der Waals surface area contributed by atoms with Crippen LogP contribution in [0.25, 0.3) is 33.4 Å². The fourth-order valence-electron chi connectivity index (χ4n) is 12.9. The first kappa shape index (κ1) is 39.9. The molecular formula is C61H67N. The summed E-state index contributed by atoms with van der Waals surface area (Å²) in [7, 11) is 0. The van der Waals surface area contributed by atoms with Crippen LogP contribution < -0.4 is 4.90 Å². The van der Waals surface area contributed by atoms with Gasteiger partial charge in [0.25, 0.3) is 0 Å². The number of nitrogens with zero attached hydrogens (tertiary/aromatic N) is 1. The third kappa shape index (κ3) is 7.56. The second-order valence-electron chi connectivity index (χ2n) is 20.6. The maximum absolute atomic E-state index is 2.64. The second-order valence-corrected chi connectivity index (χ2v) is 20.6. The van der Waals surface area contributed by atoms with Crippen molar-refractivity contribution in [2.75, 3.05) is 4.90 Å². The van der Waals surface area contributed by atoms with Gasteiger partial charge in [0.15, 0.2) is 0 Å². The van der Waals surface area contributed by atoms with Gasteiger partial charge in [0, 0.05) is 16.8 Å². The third-order valence-electron chi connectivity index (χ3n) is 16.4. The van der Waals surface area contributed by atoms with Crippen LogP contribution in [0.1, 0.15) is 180 Å². The summed E-state index contributed by atoms with van der Waals surface area (Å²) in [5, 5.41) is 0. The van der Waals surface area contributed by atoms with Gasteiger partial charge in [-0.05, 0) is 191 Å². The van der Waals surface area contributed by atoms with Gasteiger partial charge in [-0.1, -0.05) is 157 Å². The van der Waals surface area contributed by atoms with Gasteiger partial charge in [0.2, 0.25) is 0 Å². The molecule has 3 fully saturated rings. The van der Waals surface area contributed by atoms with Crippen molar-refractivity contribution in [3.8, 4) is 33.4 Å². The van der Waals surface area contributed by atoms with E-state index in [-0.39, 0.29) is 5.41 Å². The second kappa shape index (κ2) is 17.0. The smallest absolute Gasteiger partial charge is 0.0502 e. The largest absolute Gasteiger partial charge is 0.310 e. The Labute approximate surface area is 373 Å². The van der Waals surface area contributed by atoms with Gasteiger partial charge in [-0.2, -0.15) is 0 Å². The highest BCUT2D eigenvalue weighted by atomic mass is 15.1. The van der Waals surface area contributed by atoms with Gasteiger partial charge in [-0.25, -0.2) is 0 Å². The maximum Gasteiger partial charge on any atom is 0.0502 e. The molecule has 0 unspecified atom stereocenters. The Morgan fingerprint density at radius 1 is 0.403 bits per heavy atom. The van der Waals surface area contributed by atoms with Crippen molar-refractivity contribution < 1.29 is 0 Å². The predicted octanol–water partition coefficient (Wildman–Crippen LogP) is 17.8. The number of aryl methyl sites for hydroxylation is 1. The highest BCUT2D eigenvalue weighted by molar-refractivity contribution is 5.88. The highest BCUT2D eigenvalue weighted by Crippen LogP contribution is 2.52. The minimum absolute atomic E-state index is 0.0642. The summed E-state index contributed by atoms with van der Waals surface area (Å²) in [4.78, 5) is 2.64. The summed E-state index contributed by atoms with van der Waals surface area (Å²) in [5.41, 5.74) is 22.7. The first-order valence-corrected chi connectivity index (χ1v) is 25.0. The maximum atomic E-state index is 2.64. The SMILES string of the molecule is CC1(C)c2ccccc2-c2ccc(N(c3ccc(C4CCCCC4)cc3)c3cc(-c4cccc(-c5cc(C6CCCCC6)cc(C6CCCCC6)c5)c4)cc4c3CCCC4)cc21. The Hall–Kier alpha value is -4.88. The van der Waals surface area contributed by atoms with E-state index < -0.39 is 0 Å². The van der Waals surface area contributed by atoms with E-state index in [0.717, 1.165) is 12.8 Å². The van der Waals surface area contributed by atoms with E-state index in [0.29, 0.717) is 17.8 Å². The number of benzene rings is 6. The zero-order chi connectivity index (χ0) is 41.6. The zero-order valence-corrected chi connectivity index (χ0v) is 37.7. The summed E-state index contributed by atoms with van der Waals surface area (Å²) in [6.07, 6.45) is 25.2. The molecule has 0 atom stereocenters. The Morgan fingerprint density at radius 2 is 0.968 bits per heavy atom. The molecule has 6 aromatic carbocycles. The topological polar surface area (TPSA) is 3.24 Å². The quantitative estimate of drug-likeness (QED) is 0.148. The van der Waals surface area contributed by atoms with Crippen LogP contribution in [0, 0.1) is 0 Å². The van der Waals surface area contributed by atoms with Crippen LogP contribution in [0.15, 0.2) is 121 Å². The fraction of sp³-hybridized carbons (Fsp3) is 0.410. The Bertz CT molecular complexity index is 2520. The molecule has 3 saturated carbocycles. The monoisotopic (exact) mass is 814 g/mol. The number of anilines is 3. The van der Waals surface area contributed by atoms with Crippen LogP contribution in [0.2, 0.25) is 0 Å². The molecule has 5 aliphatic carbocycles. The number of fused-ring (bicyclic) bond motifs is 4. The zero-order valence-electron chi connectivity index (χ0n) is 37.7. The normalized spacial score (nSPS) is 19.1. The summed E-state index contributed by atoms with van der Waals surface area (Å²) < 4.78 is 0. The number of hydrogen-bond donors (Lipinski definition) is 0. The minimum Gasteiger partial charge on any atom is -0.310 e. The van der Waals surface area contributed by atoms with Crippen molar-refractivity contribution in [3.63, 3.8) is 0 Å². The lowest BCUT2D eigenvalue weighted by molar-refractivity contribution is 0.435. The average Bonchev–Trinajstić information content (AvgIpc) is 3.57. The molecular weight excluding hydrogens is 747 g/mol. The van der Waals surface area contributed by atoms with E-state index in [2.05, 4.69) is 140 Å². The lowest BCUT2D eigenvalue weighted by Crippen LogP contribution is -2.18. The van der Waals surface area contributed by atoms with Gasteiger partial charge in [0.1, 0.15) is 0 Å². The van der Waals surface area contributed by atoms with Crippen LogP contribution in [0.5, 0.6) is 0 Å². The molecule has 62 heavy (non-hydrogen) atoms. The molecule has 0 aliphatic heterocycles. The average molecular weight is 814 g/mol. The first-order chi connectivity index (χ1) is 30.5. The van der Waals surface area contributed by atoms with Crippen molar-refractivity contribution in [2.45, 2.75) is 159 Å². The van der Waals surface area contributed by atoms with Crippen molar-refractivity contribution in [2.24, 2.45) is 0 Å². The lowest BCUT2D eigenvalue weighted by atomic mass is 9.78. The Balaban J connectivity index is 1.04. The van der Waals surface area contributed by atoms with Crippen LogP contribution >= 0.6 is 0 Å². The number of rotatable bonds is 8. The molecule has 0 amide bonds. The summed E-state index contributed by atoms with van der Waals surface area (Å²) in [5.74, 6) is 2.11. The van der Waals surface area contributed by atoms with Crippen molar-refractivity contribution in [3.05, 3.63) is 160 Å². The third-order valence-corrected chi connectivity index (χ3v) is 16.4. The van der Waals surface area contributed by atoms with E-state index in [4.69, 9.17) is 0 Å². The molecule has 0 heterocycles. The van der Waals surface area contributed by atoms with Crippen LogP contribution in [-0.4, -0.2) is 0 Å². The molecule has 0 N–H and O–H groups in total. The van der Waals surface area contributed by atoms with E-state index in [1.54, 1.807) is 11.1 Å². The molecule has 0 radical (unpaired) electrons. The standard InChI is InChI=1S/C61H67N/c1-61(2)58-28-15-14-27-56(58)57-34-33-54(41-59(57)61)62(53-31-29-45(30-32-53)42-17-6-3-7-18-42)60-40-52(36-48-23-12-13-26-55(48)60)47-25-16-24-46(35-47)51-38-49(43-19-8-4-9-20-43)37-50(39-51)44-21-10-5-11-22-44/h14-16,24-25,27-44H,3-13,17-23,26H2,1-2H3. The molecule has 0 spiro atoms. The van der Waals surface area contributed by atoms with E-state index in [9.17, 15) is 0 Å². The van der Waals surface area contributed by atoms with Crippen LogP contribution in [-0.2, 0) is 18.3 Å². The van der Waals surface area contributed by atoms with Crippen molar-refractivity contribution in [1.82, 2.24) is 0 Å². The summed E-state index contributed by atoms with van der Waals surface area (Å²) >= 11 is 0. The first-order valence-electron chi connectivity index (χ1n) is 25.0. The van der Waals surface area contributed by atoms with Crippen LogP contribution in [0.3, 0.4) is 0 Å². The highest BCUT2D eigenvalue weighted by Gasteiger charge is 2.36.